The van der Waals surface area contributed by atoms with Gasteiger partial charge in [-0.1, -0.05) is 0 Å². The molecule has 1 N–H and O–H groups in total. The Bertz CT molecular complexity index is 534. The minimum Gasteiger partial charge on any atom is -0.381 e. The van der Waals surface area contributed by atoms with E-state index in [1.54, 1.807) is 17.7 Å². The van der Waals surface area contributed by atoms with Crippen molar-refractivity contribution in [3.63, 3.8) is 0 Å². The van der Waals surface area contributed by atoms with Gasteiger partial charge in [-0.15, -0.1) is 11.3 Å². The van der Waals surface area contributed by atoms with Gasteiger partial charge in [0.1, 0.15) is 12.1 Å². The minimum atomic E-state index is 0.699. The van der Waals surface area contributed by atoms with Gasteiger partial charge in [0.2, 0.25) is 0 Å². The predicted octanol–water partition coefficient (Wildman–Crippen LogP) is 2.84. The number of aryl methyl sites for hydroxylation is 1. The van der Waals surface area contributed by atoms with E-state index in [-0.39, 0.29) is 0 Å². The third-order valence-electron chi connectivity index (χ3n) is 3.43. The van der Waals surface area contributed by atoms with Gasteiger partial charge in [-0.3, -0.25) is 0 Å². The summed E-state index contributed by atoms with van der Waals surface area (Å²) in [7, 11) is 0. The predicted molar refractivity (Wildman–Crippen MR) is 74.2 cm³/mol. The number of nitrogens with one attached hydrogen (secondary N) is 1. The van der Waals surface area contributed by atoms with Crippen molar-refractivity contribution in [2.45, 2.75) is 19.8 Å². The molecule has 0 bridgehead atoms. The van der Waals surface area contributed by atoms with Gasteiger partial charge in [-0.05, 0) is 36.6 Å². The quantitative estimate of drug-likeness (QED) is 0.925. The van der Waals surface area contributed by atoms with E-state index in [2.05, 4.69) is 27.6 Å². The van der Waals surface area contributed by atoms with Gasteiger partial charge in [0, 0.05) is 19.8 Å². The van der Waals surface area contributed by atoms with Crippen LogP contribution in [0, 0.1) is 12.8 Å². The van der Waals surface area contributed by atoms with Crippen molar-refractivity contribution in [1.29, 1.82) is 0 Å². The lowest BCUT2D eigenvalue weighted by molar-refractivity contribution is 0.0699. The Hall–Kier alpha value is -1.20. The van der Waals surface area contributed by atoms with Gasteiger partial charge in [0.05, 0.1) is 10.2 Å². The fraction of sp³-hybridized carbons (Fsp3) is 0.538. The molecule has 18 heavy (non-hydrogen) atoms. The zero-order chi connectivity index (χ0) is 12.4. The first-order valence-electron chi connectivity index (χ1n) is 6.35. The molecular weight excluding hydrogens is 246 g/mol. The molecule has 0 saturated carbocycles. The summed E-state index contributed by atoms with van der Waals surface area (Å²) in [6.07, 6.45) is 3.93. The molecule has 0 amide bonds. The van der Waals surface area contributed by atoms with Crippen LogP contribution in [0.4, 0.5) is 5.82 Å². The number of nitrogens with zero attached hydrogens (tertiary/aromatic N) is 2. The van der Waals surface area contributed by atoms with E-state index < -0.39 is 0 Å². The van der Waals surface area contributed by atoms with Crippen molar-refractivity contribution in [3.05, 3.63) is 17.3 Å². The van der Waals surface area contributed by atoms with Crippen molar-refractivity contribution < 1.29 is 4.74 Å². The van der Waals surface area contributed by atoms with Crippen molar-refractivity contribution in [1.82, 2.24) is 9.97 Å². The Kier molecular flexibility index (Phi) is 3.43. The lowest BCUT2D eigenvalue weighted by atomic mass is 10.0. The third kappa shape index (κ3) is 2.33. The Balaban J connectivity index is 1.74. The zero-order valence-electron chi connectivity index (χ0n) is 10.5. The lowest BCUT2D eigenvalue weighted by Crippen LogP contribution is -2.22. The molecule has 0 aromatic carbocycles. The van der Waals surface area contributed by atoms with Crippen LogP contribution in [0.15, 0.2) is 11.7 Å². The van der Waals surface area contributed by atoms with Gasteiger partial charge in [0.25, 0.3) is 0 Å². The number of anilines is 1. The molecular formula is C13H17N3OS. The molecule has 0 spiro atoms. The monoisotopic (exact) mass is 263 g/mol. The molecule has 0 aliphatic carbocycles. The van der Waals surface area contributed by atoms with Crippen LogP contribution < -0.4 is 5.32 Å². The second-order valence-corrected chi connectivity index (χ2v) is 5.64. The maximum atomic E-state index is 5.37. The molecule has 0 radical (unpaired) electrons. The Morgan fingerprint density at radius 3 is 3.06 bits per heavy atom. The van der Waals surface area contributed by atoms with Crippen LogP contribution in [0.5, 0.6) is 0 Å². The molecule has 0 atom stereocenters. The average molecular weight is 263 g/mol. The maximum absolute atomic E-state index is 5.37. The van der Waals surface area contributed by atoms with Crippen LogP contribution in [-0.2, 0) is 4.74 Å². The molecule has 2 aromatic heterocycles. The highest BCUT2D eigenvalue weighted by molar-refractivity contribution is 7.18. The van der Waals surface area contributed by atoms with Gasteiger partial charge in [-0.25, -0.2) is 9.97 Å². The van der Waals surface area contributed by atoms with E-state index in [1.807, 2.05) is 0 Å². The van der Waals surface area contributed by atoms with E-state index >= 15 is 0 Å². The van der Waals surface area contributed by atoms with Crippen molar-refractivity contribution in [2.75, 3.05) is 25.1 Å². The normalized spacial score (nSPS) is 17.2. The number of hydrogen-bond acceptors (Lipinski definition) is 5. The van der Waals surface area contributed by atoms with Gasteiger partial charge in [0.15, 0.2) is 0 Å². The Morgan fingerprint density at radius 2 is 2.22 bits per heavy atom. The number of thiophene rings is 1. The summed E-state index contributed by atoms with van der Waals surface area (Å²) in [5, 5.41) is 5.61. The lowest BCUT2D eigenvalue weighted by Gasteiger charge is -2.22. The van der Waals surface area contributed by atoms with Crippen LogP contribution in [0.3, 0.4) is 0 Å². The summed E-state index contributed by atoms with van der Waals surface area (Å²) in [6.45, 7) is 4.85. The van der Waals surface area contributed by atoms with E-state index in [1.165, 1.54) is 10.3 Å². The molecule has 1 aliphatic heterocycles. The first-order valence-corrected chi connectivity index (χ1v) is 7.23. The van der Waals surface area contributed by atoms with Gasteiger partial charge in [-0.2, -0.15) is 0 Å². The molecule has 1 fully saturated rings. The third-order valence-corrected chi connectivity index (χ3v) is 4.52. The highest BCUT2D eigenvalue weighted by Gasteiger charge is 2.14. The number of ether oxygens (including phenoxy) is 1. The van der Waals surface area contributed by atoms with Crippen molar-refractivity contribution in [2.24, 2.45) is 5.92 Å². The smallest absolute Gasteiger partial charge is 0.147 e. The molecule has 1 aliphatic rings. The standard InChI is InChI=1S/C13H17N3OS/c1-9-7-18-12-11(9)15-8-16-13(12)14-6-10-2-4-17-5-3-10/h7-8,10H,2-6H2,1H3,(H,14,15,16). The summed E-state index contributed by atoms with van der Waals surface area (Å²) >= 11 is 1.71. The second kappa shape index (κ2) is 5.20. The molecule has 0 unspecified atom stereocenters. The van der Waals surface area contributed by atoms with Crippen LogP contribution in [0.25, 0.3) is 10.2 Å². The summed E-state index contributed by atoms with van der Waals surface area (Å²) in [6, 6.07) is 0. The fourth-order valence-corrected chi connectivity index (χ4v) is 3.25. The molecule has 4 nitrogen and oxygen atoms in total. The summed E-state index contributed by atoms with van der Waals surface area (Å²) in [5.74, 6) is 1.68. The molecule has 96 valence electrons. The highest BCUT2D eigenvalue weighted by Crippen LogP contribution is 2.28. The number of aromatic nitrogens is 2. The van der Waals surface area contributed by atoms with E-state index in [0.717, 1.165) is 43.9 Å². The number of hydrogen-bond donors (Lipinski definition) is 1. The Labute approximate surface area is 110 Å². The summed E-state index contributed by atoms with van der Waals surface area (Å²) < 4.78 is 6.54. The molecule has 2 aromatic rings. The maximum Gasteiger partial charge on any atom is 0.147 e. The largest absolute Gasteiger partial charge is 0.381 e. The average Bonchev–Trinajstić information content (AvgIpc) is 2.80. The van der Waals surface area contributed by atoms with E-state index in [0.29, 0.717) is 5.92 Å². The number of rotatable bonds is 3. The summed E-state index contributed by atoms with van der Waals surface area (Å²) in [5.41, 5.74) is 2.30. The van der Waals surface area contributed by atoms with Crippen LogP contribution in [0.2, 0.25) is 0 Å². The fourth-order valence-electron chi connectivity index (χ4n) is 2.29. The molecule has 3 heterocycles. The molecule has 1 saturated heterocycles. The summed E-state index contributed by atoms with van der Waals surface area (Å²) in [4.78, 5) is 8.70. The number of fused-ring (bicyclic) bond motifs is 1. The first-order chi connectivity index (χ1) is 8.84. The van der Waals surface area contributed by atoms with Crippen molar-refractivity contribution in [3.8, 4) is 0 Å². The van der Waals surface area contributed by atoms with Gasteiger partial charge < -0.3 is 10.1 Å². The minimum absolute atomic E-state index is 0.699. The first kappa shape index (κ1) is 11.9. The van der Waals surface area contributed by atoms with E-state index in [4.69, 9.17) is 4.74 Å². The van der Waals surface area contributed by atoms with Crippen LogP contribution in [-0.4, -0.2) is 29.7 Å². The topological polar surface area (TPSA) is 47.0 Å². The van der Waals surface area contributed by atoms with Crippen LogP contribution >= 0.6 is 11.3 Å². The van der Waals surface area contributed by atoms with Crippen LogP contribution in [0.1, 0.15) is 18.4 Å². The second-order valence-electron chi connectivity index (χ2n) is 4.76. The highest BCUT2D eigenvalue weighted by atomic mass is 32.1. The molecule has 3 rings (SSSR count). The molecule has 5 heteroatoms. The van der Waals surface area contributed by atoms with Gasteiger partial charge >= 0.3 is 0 Å². The SMILES string of the molecule is Cc1csc2c(NCC3CCOCC3)ncnc12. The zero-order valence-corrected chi connectivity index (χ0v) is 11.3. The Morgan fingerprint density at radius 1 is 1.39 bits per heavy atom. The van der Waals surface area contributed by atoms with E-state index in [9.17, 15) is 0 Å². The van der Waals surface area contributed by atoms with Crippen molar-refractivity contribution >= 4 is 27.4 Å².